The van der Waals surface area contributed by atoms with Gasteiger partial charge < -0.3 is 0 Å². The Balaban J connectivity index is 2.75. The smallest absolute Gasteiger partial charge is 0.0203 e. The van der Waals surface area contributed by atoms with E-state index in [0.717, 1.165) is 11.4 Å². The highest BCUT2D eigenvalue weighted by Gasteiger charge is 2.41. The first kappa shape index (κ1) is 11.5. The van der Waals surface area contributed by atoms with Gasteiger partial charge >= 0.3 is 0 Å². The molecule has 0 spiro atoms. The summed E-state index contributed by atoms with van der Waals surface area (Å²) in [6.45, 7) is 12.9. The zero-order valence-corrected chi connectivity index (χ0v) is 11.1. The summed E-state index contributed by atoms with van der Waals surface area (Å²) in [4.78, 5) is 2.63. The second-order valence-corrected chi connectivity index (χ2v) is 6.62. The zero-order chi connectivity index (χ0) is 10.3. The molecule has 1 nitrogen and oxygen atoms in total. The predicted molar refractivity (Wildman–Crippen MR) is 62.4 cm³/mol. The van der Waals surface area contributed by atoms with Gasteiger partial charge in [0.25, 0.3) is 0 Å². The molecule has 0 aromatic rings. The third-order valence-corrected chi connectivity index (χ3v) is 3.61. The Kier molecular flexibility index (Phi) is 3.14. The predicted octanol–water partition coefficient (Wildman–Crippen LogP) is 3.28. The first-order valence-corrected chi connectivity index (χ1v) is 6.21. The molecule has 0 saturated carbocycles. The van der Waals surface area contributed by atoms with E-state index in [-0.39, 0.29) is 0 Å². The van der Waals surface area contributed by atoms with Crippen LogP contribution in [-0.2, 0) is 0 Å². The molecule has 0 N–H and O–H groups in total. The van der Waals surface area contributed by atoms with Gasteiger partial charge in [0.15, 0.2) is 0 Å². The van der Waals surface area contributed by atoms with E-state index in [0.29, 0.717) is 11.0 Å². The van der Waals surface area contributed by atoms with E-state index in [1.165, 1.54) is 13.0 Å². The molecule has 0 aromatic carbocycles. The van der Waals surface area contributed by atoms with Crippen molar-refractivity contribution in [1.82, 2.24) is 4.90 Å². The molecule has 1 rings (SSSR count). The summed E-state index contributed by atoms with van der Waals surface area (Å²) >= 11 is 3.62. The number of hydrogen-bond donors (Lipinski definition) is 0. The maximum Gasteiger partial charge on any atom is 0.0203 e. The summed E-state index contributed by atoms with van der Waals surface area (Å²) in [5.41, 5.74) is 0.803. The van der Waals surface area contributed by atoms with Gasteiger partial charge in [0.1, 0.15) is 0 Å². The molecule has 0 radical (unpaired) electrons. The highest BCUT2D eigenvalue weighted by Crippen LogP contribution is 2.38. The first-order valence-electron chi connectivity index (χ1n) is 5.09. The summed E-state index contributed by atoms with van der Waals surface area (Å²) in [6.07, 6.45) is 1.32. The molecule has 1 saturated heterocycles. The van der Waals surface area contributed by atoms with Gasteiger partial charge in [-0.1, -0.05) is 29.8 Å². The number of rotatable bonds is 1. The van der Waals surface area contributed by atoms with Crippen molar-refractivity contribution in [3.8, 4) is 0 Å². The Morgan fingerprint density at radius 3 is 2.23 bits per heavy atom. The lowest BCUT2D eigenvalue weighted by Crippen LogP contribution is -2.45. The van der Waals surface area contributed by atoms with Gasteiger partial charge in [0.2, 0.25) is 0 Å². The topological polar surface area (TPSA) is 3.24 Å². The van der Waals surface area contributed by atoms with Crippen LogP contribution in [-0.4, -0.2) is 28.4 Å². The summed E-state index contributed by atoms with van der Waals surface area (Å²) in [6, 6.07) is 0.718. The number of hydrogen-bond acceptors (Lipinski definition) is 1. The van der Waals surface area contributed by atoms with Gasteiger partial charge in [-0.05, 0) is 32.6 Å². The summed E-state index contributed by atoms with van der Waals surface area (Å²) in [5.74, 6) is 0. The molecule has 1 aliphatic heterocycles. The lowest BCUT2D eigenvalue weighted by atomic mass is 9.91. The lowest BCUT2D eigenvalue weighted by molar-refractivity contribution is 0.124. The van der Waals surface area contributed by atoms with Gasteiger partial charge in [0.05, 0.1) is 0 Å². The molecule has 0 bridgehead atoms. The second-order valence-electron chi connectivity index (χ2n) is 5.98. The van der Waals surface area contributed by atoms with Crippen LogP contribution in [0.25, 0.3) is 0 Å². The van der Waals surface area contributed by atoms with Crippen molar-refractivity contribution in [2.75, 3.05) is 11.9 Å². The van der Waals surface area contributed by atoms with Crippen molar-refractivity contribution >= 4 is 15.9 Å². The van der Waals surface area contributed by atoms with Gasteiger partial charge in [-0.2, -0.15) is 0 Å². The second kappa shape index (κ2) is 3.54. The zero-order valence-electron chi connectivity index (χ0n) is 9.52. The summed E-state index contributed by atoms with van der Waals surface area (Å²) in [7, 11) is 0. The van der Waals surface area contributed by atoms with Crippen LogP contribution in [0, 0.1) is 5.41 Å². The number of likely N-dealkylation sites (tertiary alicyclic amines) is 1. The van der Waals surface area contributed by atoms with Gasteiger partial charge in [-0.15, -0.1) is 0 Å². The largest absolute Gasteiger partial charge is 0.294 e. The maximum absolute atomic E-state index is 3.62. The fourth-order valence-corrected chi connectivity index (χ4v) is 2.90. The van der Waals surface area contributed by atoms with Crippen LogP contribution in [0.15, 0.2) is 0 Å². The Morgan fingerprint density at radius 1 is 1.38 bits per heavy atom. The van der Waals surface area contributed by atoms with Crippen LogP contribution >= 0.6 is 15.9 Å². The molecule has 1 fully saturated rings. The van der Waals surface area contributed by atoms with E-state index in [4.69, 9.17) is 0 Å². The standard InChI is InChI=1S/C11H22BrN/c1-10(2,3)13-8-11(4,5)6-9(13)7-12/h9H,6-8H2,1-5H3. The number of nitrogens with zero attached hydrogens (tertiary/aromatic N) is 1. The minimum atomic E-state index is 0.312. The number of alkyl halides is 1. The third-order valence-electron chi connectivity index (χ3n) is 2.87. The Labute approximate surface area is 91.0 Å². The average molecular weight is 248 g/mol. The third kappa shape index (κ3) is 2.69. The van der Waals surface area contributed by atoms with Crippen LogP contribution in [0.2, 0.25) is 0 Å². The SMILES string of the molecule is CC1(C)CC(CBr)N(C(C)(C)C)C1. The van der Waals surface area contributed by atoms with Crippen LogP contribution < -0.4 is 0 Å². The fourth-order valence-electron chi connectivity index (χ4n) is 2.33. The Bertz CT molecular complexity index is 181. The van der Waals surface area contributed by atoms with Gasteiger partial charge in [0, 0.05) is 23.5 Å². The van der Waals surface area contributed by atoms with E-state index in [1.54, 1.807) is 0 Å². The Morgan fingerprint density at radius 2 is 1.92 bits per heavy atom. The van der Waals surface area contributed by atoms with E-state index < -0.39 is 0 Å². The quantitative estimate of drug-likeness (QED) is 0.644. The van der Waals surface area contributed by atoms with E-state index in [1.807, 2.05) is 0 Å². The van der Waals surface area contributed by atoms with Crippen molar-refractivity contribution in [2.24, 2.45) is 5.41 Å². The van der Waals surface area contributed by atoms with Crippen LogP contribution in [0.3, 0.4) is 0 Å². The van der Waals surface area contributed by atoms with Crippen molar-refractivity contribution in [3.05, 3.63) is 0 Å². The van der Waals surface area contributed by atoms with Gasteiger partial charge in [-0.3, -0.25) is 4.90 Å². The molecule has 0 aromatic heterocycles. The first-order chi connectivity index (χ1) is 5.76. The van der Waals surface area contributed by atoms with Crippen molar-refractivity contribution in [2.45, 2.75) is 52.6 Å². The van der Waals surface area contributed by atoms with Gasteiger partial charge in [-0.25, -0.2) is 0 Å². The van der Waals surface area contributed by atoms with Crippen molar-refractivity contribution in [1.29, 1.82) is 0 Å². The molecule has 1 aliphatic rings. The Hall–Kier alpha value is 0.440. The van der Waals surface area contributed by atoms with Crippen molar-refractivity contribution in [3.63, 3.8) is 0 Å². The molecule has 0 amide bonds. The van der Waals surface area contributed by atoms with Crippen LogP contribution in [0.1, 0.15) is 41.0 Å². The van der Waals surface area contributed by atoms with E-state index in [2.05, 4.69) is 55.4 Å². The molecule has 2 heteroatoms. The van der Waals surface area contributed by atoms with Crippen LogP contribution in [0.5, 0.6) is 0 Å². The highest BCUT2D eigenvalue weighted by molar-refractivity contribution is 9.09. The molecule has 1 atom stereocenters. The molecule has 13 heavy (non-hydrogen) atoms. The average Bonchev–Trinajstić information content (AvgIpc) is 2.24. The van der Waals surface area contributed by atoms with E-state index in [9.17, 15) is 0 Å². The number of halogens is 1. The normalized spacial score (nSPS) is 29.5. The van der Waals surface area contributed by atoms with Crippen LogP contribution in [0.4, 0.5) is 0 Å². The fraction of sp³-hybridized carbons (Fsp3) is 1.00. The minimum absolute atomic E-state index is 0.312. The molecule has 1 unspecified atom stereocenters. The lowest BCUT2D eigenvalue weighted by Gasteiger charge is -2.36. The summed E-state index contributed by atoms with van der Waals surface area (Å²) < 4.78 is 0. The minimum Gasteiger partial charge on any atom is -0.294 e. The highest BCUT2D eigenvalue weighted by atomic mass is 79.9. The molecule has 0 aliphatic carbocycles. The summed E-state index contributed by atoms with van der Waals surface area (Å²) in [5, 5.41) is 1.10. The maximum atomic E-state index is 3.62. The van der Waals surface area contributed by atoms with E-state index >= 15 is 0 Å². The molecular weight excluding hydrogens is 226 g/mol. The molecule has 78 valence electrons. The molecular formula is C11H22BrN. The molecule has 1 heterocycles. The van der Waals surface area contributed by atoms with Crippen molar-refractivity contribution < 1.29 is 0 Å². The monoisotopic (exact) mass is 247 g/mol.